The van der Waals surface area contributed by atoms with Crippen molar-refractivity contribution in [1.82, 2.24) is 14.3 Å². The Morgan fingerprint density at radius 2 is 1.85 bits per heavy atom. The van der Waals surface area contributed by atoms with Crippen LogP contribution in [-0.2, 0) is 0 Å². The smallest absolute Gasteiger partial charge is 0.205 e. The van der Waals surface area contributed by atoms with Gasteiger partial charge in [-0.25, -0.2) is 9.97 Å². The predicted molar refractivity (Wildman–Crippen MR) is 104 cm³/mol. The molecule has 0 radical (unpaired) electrons. The minimum absolute atomic E-state index is 0.416. The molecule has 8 heteroatoms. The summed E-state index contributed by atoms with van der Waals surface area (Å²) in [5, 5.41) is 11.9. The lowest BCUT2D eigenvalue weighted by Crippen LogP contribution is -2.46. The van der Waals surface area contributed by atoms with Crippen molar-refractivity contribution in [2.24, 2.45) is 0 Å². The predicted octanol–water partition coefficient (Wildman–Crippen LogP) is 2.99. The molecule has 1 aliphatic rings. The third-order valence-corrected chi connectivity index (χ3v) is 5.39. The van der Waals surface area contributed by atoms with E-state index in [2.05, 4.69) is 24.1 Å². The normalized spacial score (nSPS) is 15.9. The van der Waals surface area contributed by atoms with Crippen molar-refractivity contribution in [3.8, 4) is 0 Å². The van der Waals surface area contributed by atoms with Crippen LogP contribution in [0.1, 0.15) is 17.5 Å². The molecule has 0 bridgehead atoms. The molecule has 2 aromatic heterocycles. The first-order valence-electron chi connectivity index (χ1n) is 8.39. The Hall–Kier alpha value is -2.22. The Labute approximate surface area is 160 Å². The molecule has 3 heterocycles. The number of aliphatic hydroxyl groups is 1. The first-order valence-corrected chi connectivity index (χ1v) is 9.54. The van der Waals surface area contributed by atoms with Crippen molar-refractivity contribution in [2.45, 2.75) is 6.10 Å². The molecule has 1 unspecified atom stereocenters. The number of aliphatic hydroxyl groups excluding tert-OH is 1. The fraction of sp³-hybridized carbons (Fsp3) is 0.278. The fourth-order valence-corrected chi connectivity index (χ4v) is 3.91. The van der Waals surface area contributed by atoms with Crippen LogP contribution < -0.4 is 9.80 Å². The molecule has 0 spiro atoms. The molecule has 0 saturated carbocycles. The molecule has 134 valence electrons. The number of halogens is 1. The Morgan fingerprint density at radius 1 is 1.04 bits per heavy atom. The van der Waals surface area contributed by atoms with Crippen LogP contribution in [0.15, 0.2) is 48.7 Å². The summed E-state index contributed by atoms with van der Waals surface area (Å²) in [7, 11) is 0. The van der Waals surface area contributed by atoms with Gasteiger partial charge < -0.3 is 14.9 Å². The zero-order valence-corrected chi connectivity index (χ0v) is 15.6. The summed E-state index contributed by atoms with van der Waals surface area (Å²) in [6.07, 6.45) is 0.948. The maximum Gasteiger partial charge on any atom is 0.205 e. The maximum absolute atomic E-state index is 10.5. The van der Waals surface area contributed by atoms with E-state index in [0.717, 1.165) is 37.1 Å². The molecular formula is C18H18ClN5OS. The topological polar surface area (TPSA) is 65.4 Å². The third kappa shape index (κ3) is 3.65. The fourth-order valence-electron chi connectivity index (χ4n) is 2.96. The van der Waals surface area contributed by atoms with E-state index in [9.17, 15) is 5.11 Å². The van der Waals surface area contributed by atoms with Gasteiger partial charge in [0.25, 0.3) is 0 Å². The van der Waals surface area contributed by atoms with Crippen LogP contribution in [0.3, 0.4) is 0 Å². The molecule has 4 rings (SSSR count). The zero-order chi connectivity index (χ0) is 17.9. The minimum Gasteiger partial charge on any atom is -0.380 e. The monoisotopic (exact) mass is 387 g/mol. The van der Waals surface area contributed by atoms with Crippen LogP contribution in [0, 0.1) is 0 Å². The van der Waals surface area contributed by atoms with Crippen LogP contribution in [0.25, 0.3) is 0 Å². The number of piperazine rings is 1. The number of pyridine rings is 1. The molecule has 1 saturated heterocycles. The van der Waals surface area contributed by atoms with E-state index in [1.807, 2.05) is 36.5 Å². The highest BCUT2D eigenvalue weighted by Gasteiger charge is 2.23. The number of anilines is 2. The average molecular weight is 388 g/mol. The number of hydrogen-bond donors (Lipinski definition) is 1. The van der Waals surface area contributed by atoms with Gasteiger partial charge in [-0.15, -0.1) is 0 Å². The minimum atomic E-state index is -0.867. The highest BCUT2D eigenvalue weighted by Crippen LogP contribution is 2.27. The Bertz CT molecular complexity index is 867. The van der Waals surface area contributed by atoms with Crippen LogP contribution in [-0.4, -0.2) is 45.6 Å². The Balaban J connectivity index is 1.42. The summed E-state index contributed by atoms with van der Waals surface area (Å²) < 4.78 is 4.34. The summed E-state index contributed by atoms with van der Waals surface area (Å²) in [6.45, 7) is 3.45. The van der Waals surface area contributed by atoms with Crippen molar-refractivity contribution in [1.29, 1.82) is 0 Å². The van der Waals surface area contributed by atoms with E-state index in [4.69, 9.17) is 11.6 Å². The van der Waals surface area contributed by atoms with E-state index < -0.39 is 6.10 Å². The lowest BCUT2D eigenvalue weighted by Gasteiger charge is -2.35. The Kier molecular flexibility index (Phi) is 5.01. The molecule has 1 atom stereocenters. The summed E-state index contributed by atoms with van der Waals surface area (Å²) in [4.78, 5) is 13.4. The van der Waals surface area contributed by atoms with Crippen LogP contribution in [0.5, 0.6) is 0 Å². The molecule has 6 nitrogen and oxygen atoms in total. The third-order valence-electron chi connectivity index (χ3n) is 4.36. The molecule has 3 aromatic rings. The molecule has 1 fully saturated rings. The quantitative estimate of drug-likeness (QED) is 0.742. The van der Waals surface area contributed by atoms with Gasteiger partial charge in [-0.3, -0.25) is 0 Å². The second-order valence-corrected chi connectivity index (χ2v) is 7.22. The molecule has 0 aliphatic carbocycles. The van der Waals surface area contributed by atoms with Crippen LogP contribution >= 0.6 is 23.1 Å². The molecule has 1 aromatic carbocycles. The lowest BCUT2D eigenvalue weighted by molar-refractivity contribution is 0.211. The van der Waals surface area contributed by atoms with Crippen molar-refractivity contribution >= 4 is 34.1 Å². The van der Waals surface area contributed by atoms with E-state index in [-0.39, 0.29) is 0 Å². The molecular weight excluding hydrogens is 370 g/mol. The van der Waals surface area contributed by atoms with E-state index >= 15 is 0 Å². The van der Waals surface area contributed by atoms with Gasteiger partial charge in [0, 0.05) is 48.9 Å². The van der Waals surface area contributed by atoms with Crippen molar-refractivity contribution in [3.63, 3.8) is 0 Å². The highest BCUT2D eigenvalue weighted by molar-refractivity contribution is 7.09. The second-order valence-electron chi connectivity index (χ2n) is 6.05. The summed E-state index contributed by atoms with van der Waals surface area (Å²) in [5.74, 6) is 1.42. The summed E-state index contributed by atoms with van der Waals surface area (Å²) in [5.41, 5.74) is 0.696. The van der Waals surface area contributed by atoms with Crippen molar-refractivity contribution in [3.05, 3.63) is 65.1 Å². The molecule has 1 aliphatic heterocycles. The van der Waals surface area contributed by atoms with Crippen LogP contribution in [0.2, 0.25) is 5.02 Å². The SMILES string of the molecule is OC(c1cccc(Cl)c1)c1nsc(N2CCN(c3ccccn3)CC2)n1. The zero-order valence-electron chi connectivity index (χ0n) is 14.0. The maximum atomic E-state index is 10.5. The van der Waals surface area contributed by atoms with Gasteiger partial charge in [0.15, 0.2) is 5.82 Å². The van der Waals surface area contributed by atoms with Gasteiger partial charge in [0.1, 0.15) is 11.9 Å². The Morgan fingerprint density at radius 3 is 2.58 bits per heavy atom. The number of hydrogen-bond acceptors (Lipinski definition) is 7. The molecule has 0 amide bonds. The van der Waals surface area contributed by atoms with Crippen LogP contribution in [0.4, 0.5) is 10.9 Å². The van der Waals surface area contributed by atoms with Gasteiger partial charge in [0.05, 0.1) is 0 Å². The first kappa shape index (κ1) is 17.2. The lowest BCUT2D eigenvalue weighted by atomic mass is 10.1. The molecule has 1 N–H and O–H groups in total. The highest BCUT2D eigenvalue weighted by atomic mass is 35.5. The number of benzene rings is 1. The van der Waals surface area contributed by atoms with Crippen molar-refractivity contribution < 1.29 is 5.11 Å². The van der Waals surface area contributed by atoms with Gasteiger partial charge in [-0.05, 0) is 29.8 Å². The standard InChI is InChI=1S/C18H18ClN5OS/c19-14-5-3-4-13(12-14)16(25)17-21-18(26-22-17)24-10-8-23(9-11-24)15-6-1-2-7-20-15/h1-7,12,16,25H,8-11H2. The first-order chi connectivity index (χ1) is 12.7. The van der Waals surface area contributed by atoms with Crippen molar-refractivity contribution in [2.75, 3.05) is 36.0 Å². The number of rotatable bonds is 4. The van der Waals surface area contributed by atoms with Gasteiger partial charge in [0.2, 0.25) is 5.13 Å². The van der Waals surface area contributed by atoms with E-state index in [1.165, 1.54) is 11.5 Å². The van der Waals surface area contributed by atoms with E-state index in [0.29, 0.717) is 16.4 Å². The number of nitrogens with zero attached hydrogens (tertiary/aromatic N) is 5. The van der Waals surface area contributed by atoms with Gasteiger partial charge >= 0.3 is 0 Å². The second kappa shape index (κ2) is 7.57. The van der Waals surface area contributed by atoms with E-state index in [1.54, 1.807) is 12.1 Å². The average Bonchev–Trinajstić information content (AvgIpc) is 3.18. The number of aromatic nitrogens is 3. The van der Waals surface area contributed by atoms with Gasteiger partial charge in [-0.2, -0.15) is 4.37 Å². The molecule has 26 heavy (non-hydrogen) atoms. The summed E-state index contributed by atoms with van der Waals surface area (Å²) >= 11 is 7.32. The van der Waals surface area contributed by atoms with Gasteiger partial charge in [-0.1, -0.05) is 29.8 Å². The largest absolute Gasteiger partial charge is 0.380 e. The summed E-state index contributed by atoms with van der Waals surface area (Å²) in [6, 6.07) is 13.1.